The molecule has 0 atom stereocenters. The van der Waals surface area contributed by atoms with Crippen molar-refractivity contribution in [2.75, 3.05) is 0 Å². The Balaban J connectivity index is 1.14. The highest BCUT2D eigenvalue weighted by Crippen LogP contribution is 2.60. The number of carbonyl (C=O) groups excluding carboxylic acids is 4. The number of benzene rings is 2. The molecule has 1 fully saturated rings. The number of carbonyl (C=O) groups is 4. The number of thiophene rings is 3. The number of Topliss-reactive ketones (excluding diaryl/α,β-unsaturated/α-hetero) is 4. The maximum absolute atomic E-state index is 13.1. The van der Waals surface area contributed by atoms with E-state index in [0.717, 1.165) is 72.3 Å². The minimum Gasteiger partial charge on any atom is -0.479 e. The van der Waals surface area contributed by atoms with Crippen LogP contribution in [0, 0.1) is 0 Å². The van der Waals surface area contributed by atoms with Gasteiger partial charge < -0.3 is 4.74 Å². The van der Waals surface area contributed by atoms with E-state index < -0.39 is 5.60 Å². The van der Waals surface area contributed by atoms with Crippen molar-refractivity contribution in [3.63, 3.8) is 0 Å². The molecule has 0 radical (unpaired) electrons. The van der Waals surface area contributed by atoms with Crippen molar-refractivity contribution in [3.05, 3.63) is 109 Å². The quantitative estimate of drug-likeness (QED) is 0.144. The van der Waals surface area contributed by atoms with Gasteiger partial charge in [0.1, 0.15) is 5.60 Å². The van der Waals surface area contributed by atoms with Crippen LogP contribution < -0.4 is 4.74 Å². The molecule has 1 aliphatic heterocycles. The van der Waals surface area contributed by atoms with Crippen LogP contribution in [0.4, 0.5) is 0 Å². The van der Waals surface area contributed by atoms with Gasteiger partial charge in [0, 0.05) is 37.6 Å². The van der Waals surface area contributed by atoms with Crippen LogP contribution in [0.3, 0.4) is 0 Å². The van der Waals surface area contributed by atoms with Crippen molar-refractivity contribution in [2.45, 2.75) is 37.7 Å². The van der Waals surface area contributed by atoms with E-state index in [4.69, 9.17) is 4.74 Å². The zero-order chi connectivity index (χ0) is 29.7. The van der Waals surface area contributed by atoms with Crippen molar-refractivity contribution in [2.24, 2.45) is 0 Å². The summed E-state index contributed by atoms with van der Waals surface area (Å²) in [6.45, 7) is 0. The molecule has 0 bridgehead atoms. The fourth-order valence-electron chi connectivity index (χ4n) is 7.02. The van der Waals surface area contributed by atoms with Crippen LogP contribution in [-0.2, 0) is 5.60 Å². The Hall–Kier alpha value is -4.24. The molecule has 9 rings (SSSR count). The summed E-state index contributed by atoms with van der Waals surface area (Å²) in [4.78, 5) is 56.2. The van der Waals surface area contributed by atoms with Crippen LogP contribution in [0.2, 0.25) is 0 Å². The summed E-state index contributed by atoms with van der Waals surface area (Å²) < 4.78 is 9.08. The number of allylic oxidation sites excluding steroid dienone is 2. The first-order valence-corrected chi connectivity index (χ1v) is 17.1. The van der Waals surface area contributed by atoms with E-state index in [-0.39, 0.29) is 34.3 Å². The molecule has 4 heterocycles. The summed E-state index contributed by atoms with van der Waals surface area (Å²) in [5.41, 5.74) is 2.96. The average Bonchev–Trinajstić information content (AvgIpc) is 3.83. The molecule has 0 saturated heterocycles. The Morgan fingerprint density at radius 1 is 0.614 bits per heavy atom. The van der Waals surface area contributed by atoms with E-state index >= 15 is 0 Å². The van der Waals surface area contributed by atoms with Gasteiger partial charge in [0.2, 0.25) is 0 Å². The zero-order valence-electron chi connectivity index (χ0n) is 23.2. The maximum Gasteiger partial charge on any atom is 0.197 e. The van der Waals surface area contributed by atoms with Crippen molar-refractivity contribution >= 4 is 78.7 Å². The van der Waals surface area contributed by atoms with E-state index in [1.54, 1.807) is 94.7 Å². The van der Waals surface area contributed by atoms with Crippen LogP contribution in [0.5, 0.6) is 5.75 Å². The van der Waals surface area contributed by atoms with Crippen LogP contribution in [0.15, 0.2) is 71.8 Å². The van der Waals surface area contributed by atoms with E-state index in [1.165, 1.54) is 0 Å². The van der Waals surface area contributed by atoms with Gasteiger partial charge in [-0.15, -0.1) is 34.0 Å². The topological polar surface area (TPSA) is 77.5 Å². The summed E-state index contributed by atoms with van der Waals surface area (Å²) in [5, 5.41) is 0. The monoisotopic (exact) mass is 630 g/mol. The second-order valence-corrected chi connectivity index (χ2v) is 14.9. The second-order valence-electron chi connectivity index (χ2n) is 11.7. The molecule has 4 aliphatic rings. The van der Waals surface area contributed by atoms with E-state index in [0.29, 0.717) is 22.3 Å². The Kier molecular flexibility index (Phi) is 5.58. The summed E-state index contributed by atoms with van der Waals surface area (Å²) in [6, 6.07) is 18.1. The Morgan fingerprint density at radius 2 is 1.14 bits per heavy atom. The highest BCUT2D eigenvalue weighted by Gasteiger charge is 2.45. The number of hydrogen-bond donors (Lipinski definition) is 0. The highest BCUT2D eigenvalue weighted by molar-refractivity contribution is 7.32. The lowest BCUT2D eigenvalue weighted by Gasteiger charge is -2.40. The largest absolute Gasteiger partial charge is 0.479 e. The standard InChI is InChI=1S/C36H22O5S3/c37-28-20-8-2-3-9-21(20)29(38)24(28)14-18-16-26-33(42-18)35-32(41-36(26)12-6-1-7-13-36)34-27(44-35)17-19(43-34)15-25-30(39)22-10-4-5-11-23(22)31(25)40/h2-5,8-11,14-17H,1,6-7,12-13H2. The van der Waals surface area contributed by atoms with Gasteiger partial charge in [0.15, 0.2) is 28.9 Å². The molecule has 0 unspecified atom stereocenters. The third kappa shape index (κ3) is 3.62. The molecule has 3 aromatic heterocycles. The third-order valence-corrected chi connectivity index (χ3v) is 12.7. The predicted molar refractivity (Wildman–Crippen MR) is 175 cm³/mol. The molecule has 1 spiro atoms. The lowest BCUT2D eigenvalue weighted by atomic mass is 9.78. The molecular formula is C36H22O5S3. The molecule has 5 nitrogen and oxygen atoms in total. The fourth-order valence-corrected chi connectivity index (χ4v) is 10.8. The number of rotatable bonds is 2. The number of fused-ring (bicyclic) bond motifs is 8. The van der Waals surface area contributed by atoms with Gasteiger partial charge in [-0.05, 0) is 50.0 Å². The van der Waals surface area contributed by atoms with Crippen molar-refractivity contribution < 1.29 is 23.9 Å². The van der Waals surface area contributed by atoms with Gasteiger partial charge in [-0.1, -0.05) is 55.0 Å². The van der Waals surface area contributed by atoms with Gasteiger partial charge in [0.25, 0.3) is 0 Å². The van der Waals surface area contributed by atoms with Crippen LogP contribution in [-0.4, -0.2) is 23.1 Å². The Morgan fingerprint density at radius 3 is 1.68 bits per heavy atom. The van der Waals surface area contributed by atoms with Crippen LogP contribution >= 0.6 is 34.0 Å². The van der Waals surface area contributed by atoms with Crippen LogP contribution in [0.25, 0.3) is 31.3 Å². The number of hydrogen-bond acceptors (Lipinski definition) is 8. The van der Waals surface area contributed by atoms with Gasteiger partial charge in [-0.2, -0.15) is 0 Å². The lowest BCUT2D eigenvalue weighted by molar-refractivity contribution is 0.0267. The van der Waals surface area contributed by atoms with Gasteiger partial charge >= 0.3 is 0 Å². The molecule has 5 aromatic rings. The first-order valence-electron chi connectivity index (χ1n) is 14.6. The first kappa shape index (κ1) is 26.2. The second kappa shape index (κ2) is 9.38. The van der Waals surface area contributed by atoms with Gasteiger partial charge in [-0.25, -0.2) is 0 Å². The van der Waals surface area contributed by atoms with Crippen LogP contribution in [0.1, 0.15) is 88.9 Å². The van der Waals surface area contributed by atoms with Gasteiger partial charge in [-0.3, -0.25) is 19.2 Å². The minimum absolute atomic E-state index is 0.204. The Bertz CT molecular complexity index is 2140. The van der Waals surface area contributed by atoms with E-state index in [1.807, 2.05) is 6.07 Å². The number of ketones is 4. The minimum atomic E-state index is -0.462. The zero-order valence-corrected chi connectivity index (χ0v) is 25.7. The molecular weight excluding hydrogens is 609 g/mol. The van der Waals surface area contributed by atoms with Crippen molar-refractivity contribution in [1.29, 1.82) is 0 Å². The first-order chi connectivity index (χ1) is 21.4. The number of ether oxygens (including phenoxy) is 1. The third-order valence-electron chi connectivity index (χ3n) is 9.13. The molecule has 8 heteroatoms. The normalized spacial score (nSPS) is 18.0. The molecule has 0 N–H and O–H groups in total. The molecule has 2 aromatic carbocycles. The molecule has 0 amide bonds. The van der Waals surface area contributed by atoms with E-state index in [2.05, 4.69) is 6.07 Å². The SMILES string of the molecule is O=C1C(=Cc2cc3c(s2)-c2sc4cc(C=C5C(=O)c6ccccc6C5=O)sc4c2OC32CCCCC2)C(=O)c2ccccc21. The summed E-state index contributed by atoms with van der Waals surface area (Å²) in [6.07, 6.45) is 8.57. The van der Waals surface area contributed by atoms with Crippen molar-refractivity contribution in [1.82, 2.24) is 0 Å². The smallest absolute Gasteiger partial charge is 0.197 e. The predicted octanol–water partition coefficient (Wildman–Crippen LogP) is 9.17. The molecule has 1 saturated carbocycles. The van der Waals surface area contributed by atoms with Crippen molar-refractivity contribution in [3.8, 4) is 15.5 Å². The summed E-state index contributed by atoms with van der Waals surface area (Å²) >= 11 is 4.80. The van der Waals surface area contributed by atoms with E-state index in [9.17, 15) is 19.2 Å². The fraction of sp³-hybridized carbons (Fsp3) is 0.167. The van der Waals surface area contributed by atoms with Gasteiger partial charge in [0.05, 0.1) is 30.3 Å². The average molecular weight is 631 g/mol. The molecule has 3 aliphatic carbocycles. The lowest BCUT2D eigenvalue weighted by Crippen LogP contribution is -2.37. The summed E-state index contributed by atoms with van der Waals surface area (Å²) in [5.74, 6) is -0.0327. The highest BCUT2D eigenvalue weighted by atomic mass is 32.1. The Labute approximate surface area is 264 Å². The molecule has 214 valence electrons. The molecule has 44 heavy (non-hydrogen) atoms. The maximum atomic E-state index is 13.1. The summed E-state index contributed by atoms with van der Waals surface area (Å²) in [7, 11) is 0.